The summed E-state index contributed by atoms with van der Waals surface area (Å²) >= 11 is 3.77. The van der Waals surface area contributed by atoms with Gasteiger partial charge in [-0.25, -0.2) is 4.98 Å². The molecule has 0 saturated heterocycles. The van der Waals surface area contributed by atoms with E-state index in [1.54, 1.807) is 13.3 Å². The Balaban J connectivity index is 2.26. The molecule has 0 N–H and O–H groups in total. The number of nitrogens with zero attached hydrogens (tertiary/aromatic N) is 1. The van der Waals surface area contributed by atoms with Crippen molar-refractivity contribution in [2.45, 2.75) is 36.4 Å². The number of rotatable bonds is 2. The number of pyridine rings is 1. The number of halogens is 1. The van der Waals surface area contributed by atoms with E-state index in [1.165, 1.54) is 31.2 Å². The summed E-state index contributed by atoms with van der Waals surface area (Å²) in [6.45, 7) is 0. The molecule has 0 bridgehead atoms. The lowest BCUT2D eigenvalue weighted by Crippen LogP contribution is -2.18. The summed E-state index contributed by atoms with van der Waals surface area (Å²) in [6.07, 6.45) is 6.91. The highest BCUT2D eigenvalue weighted by molar-refractivity contribution is 9.09. The first-order chi connectivity index (χ1) is 7.33. The monoisotopic (exact) mass is 269 g/mol. The topological polar surface area (TPSA) is 22.1 Å². The van der Waals surface area contributed by atoms with Gasteiger partial charge in [0, 0.05) is 22.5 Å². The molecule has 2 nitrogen and oxygen atoms in total. The van der Waals surface area contributed by atoms with E-state index in [0.29, 0.717) is 10.7 Å². The van der Waals surface area contributed by atoms with Gasteiger partial charge in [-0.3, -0.25) is 0 Å². The molecule has 2 atom stereocenters. The van der Waals surface area contributed by atoms with Crippen LogP contribution in [0.4, 0.5) is 0 Å². The molecule has 1 aliphatic carbocycles. The Morgan fingerprint density at radius 3 is 2.93 bits per heavy atom. The fourth-order valence-electron chi connectivity index (χ4n) is 2.29. The lowest BCUT2D eigenvalue weighted by molar-refractivity contribution is 0.377. The summed E-state index contributed by atoms with van der Waals surface area (Å²) in [4.78, 5) is 4.84. The second-order valence-electron chi connectivity index (χ2n) is 4.01. The minimum Gasteiger partial charge on any atom is -0.481 e. The van der Waals surface area contributed by atoms with E-state index in [2.05, 4.69) is 27.0 Å². The van der Waals surface area contributed by atoms with Crippen molar-refractivity contribution in [1.82, 2.24) is 4.98 Å². The predicted octanol–water partition coefficient (Wildman–Crippen LogP) is 3.51. The van der Waals surface area contributed by atoms with Crippen LogP contribution in [0.2, 0.25) is 0 Å². The van der Waals surface area contributed by atoms with Gasteiger partial charge in [0.2, 0.25) is 5.88 Å². The summed E-state index contributed by atoms with van der Waals surface area (Å²) < 4.78 is 5.31. The van der Waals surface area contributed by atoms with Gasteiger partial charge in [-0.1, -0.05) is 34.8 Å². The molecule has 1 fully saturated rings. The molecule has 0 radical (unpaired) electrons. The van der Waals surface area contributed by atoms with E-state index in [0.717, 1.165) is 5.88 Å². The van der Waals surface area contributed by atoms with E-state index < -0.39 is 0 Å². The quantitative estimate of drug-likeness (QED) is 0.767. The van der Waals surface area contributed by atoms with Gasteiger partial charge in [0.25, 0.3) is 0 Å². The SMILES string of the molecule is COc1ncccc1C1CCCCC1Br. The molecular formula is C12H16BrNO. The van der Waals surface area contributed by atoms with Gasteiger partial charge < -0.3 is 4.74 Å². The molecule has 82 valence electrons. The number of ether oxygens (including phenoxy) is 1. The molecule has 0 aliphatic heterocycles. The van der Waals surface area contributed by atoms with Crippen molar-refractivity contribution in [1.29, 1.82) is 0 Å². The highest BCUT2D eigenvalue weighted by atomic mass is 79.9. The second kappa shape index (κ2) is 4.97. The van der Waals surface area contributed by atoms with Gasteiger partial charge in [0.05, 0.1) is 7.11 Å². The van der Waals surface area contributed by atoms with Gasteiger partial charge in [0.1, 0.15) is 0 Å². The van der Waals surface area contributed by atoms with E-state index in [4.69, 9.17) is 4.74 Å². The molecule has 1 aliphatic rings. The maximum absolute atomic E-state index is 5.31. The first-order valence-electron chi connectivity index (χ1n) is 5.46. The molecule has 3 heteroatoms. The van der Waals surface area contributed by atoms with Crippen LogP contribution in [0.3, 0.4) is 0 Å². The van der Waals surface area contributed by atoms with E-state index in [1.807, 2.05) is 6.07 Å². The number of alkyl halides is 1. The Bertz CT molecular complexity index is 329. The number of hydrogen-bond acceptors (Lipinski definition) is 2. The minimum atomic E-state index is 0.558. The first-order valence-corrected chi connectivity index (χ1v) is 6.37. The fourth-order valence-corrected chi connectivity index (χ4v) is 3.16. The molecule has 0 aromatic carbocycles. The Morgan fingerprint density at radius 2 is 2.20 bits per heavy atom. The largest absolute Gasteiger partial charge is 0.481 e. The van der Waals surface area contributed by atoms with Crippen molar-refractivity contribution in [3.05, 3.63) is 23.9 Å². The van der Waals surface area contributed by atoms with E-state index >= 15 is 0 Å². The third kappa shape index (κ3) is 2.33. The van der Waals surface area contributed by atoms with Gasteiger partial charge in [0.15, 0.2) is 0 Å². The van der Waals surface area contributed by atoms with Crippen molar-refractivity contribution in [3.8, 4) is 5.88 Å². The third-order valence-corrected chi connectivity index (χ3v) is 4.17. The molecule has 2 unspecified atom stereocenters. The van der Waals surface area contributed by atoms with Gasteiger partial charge in [-0.05, 0) is 18.9 Å². The van der Waals surface area contributed by atoms with Crippen LogP contribution in [-0.2, 0) is 0 Å². The predicted molar refractivity (Wildman–Crippen MR) is 64.7 cm³/mol. The molecule has 15 heavy (non-hydrogen) atoms. The third-order valence-electron chi connectivity index (χ3n) is 3.08. The van der Waals surface area contributed by atoms with Crippen molar-refractivity contribution in [3.63, 3.8) is 0 Å². The lowest BCUT2D eigenvalue weighted by Gasteiger charge is -2.28. The van der Waals surface area contributed by atoms with Crippen LogP contribution < -0.4 is 4.74 Å². The standard InChI is InChI=1S/C12H16BrNO/c1-15-12-10(6-4-8-14-12)9-5-2-3-7-11(9)13/h4,6,8-9,11H,2-3,5,7H2,1H3. The zero-order chi connectivity index (χ0) is 10.7. The van der Waals surface area contributed by atoms with Crippen molar-refractivity contribution in [2.75, 3.05) is 7.11 Å². The molecule has 1 saturated carbocycles. The summed E-state index contributed by atoms with van der Waals surface area (Å²) in [5.74, 6) is 1.34. The Labute approximate surface area is 99.2 Å². The summed E-state index contributed by atoms with van der Waals surface area (Å²) in [6, 6.07) is 4.13. The van der Waals surface area contributed by atoms with Crippen LogP contribution in [0.5, 0.6) is 5.88 Å². The summed E-state index contributed by atoms with van der Waals surface area (Å²) in [5.41, 5.74) is 1.25. The Hall–Kier alpha value is -0.570. The molecule has 2 rings (SSSR count). The zero-order valence-electron chi connectivity index (χ0n) is 8.95. The molecule has 1 aromatic heterocycles. The van der Waals surface area contributed by atoms with Crippen LogP contribution in [0.15, 0.2) is 18.3 Å². The maximum Gasteiger partial charge on any atom is 0.216 e. The van der Waals surface area contributed by atoms with Crippen LogP contribution >= 0.6 is 15.9 Å². The Kier molecular flexibility index (Phi) is 3.62. The number of hydrogen-bond donors (Lipinski definition) is 0. The van der Waals surface area contributed by atoms with Crippen LogP contribution in [-0.4, -0.2) is 16.9 Å². The van der Waals surface area contributed by atoms with Crippen LogP contribution in [0, 0.1) is 0 Å². The lowest BCUT2D eigenvalue weighted by atomic mass is 9.84. The number of aromatic nitrogens is 1. The smallest absolute Gasteiger partial charge is 0.216 e. The maximum atomic E-state index is 5.31. The summed E-state index contributed by atoms with van der Waals surface area (Å²) in [7, 11) is 1.69. The molecule has 1 heterocycles. The van der Waals surface area contributed by atoms with Gasteiger partial charge >= 0.3 is 0 Å². The average Bonchev–Trinajstić information content (AvgIpc) is 2.30. The zero-order valence-corrected chi connectivity index (χ0v) is 10.5. The second-order valence-corrected chi connectivity index (χ2v) is 5.18. The fraction of sp³-hybridized carbons (Fsp3) is 0.583. The van der Waals surface area contributed by atoms with Gasteiger partial charge in [-0.15, -0.1) is 0 Å². The van der Waals surface area contributed by atoms with Crippen molar-refractivity contribution < 1.29 is 4.74 Å². The average molecular weight is 270 g/mol. The van der Waals surface area contributed by atoms with Crippen LogP contribution in [0.1, 0.15) is 37.2 Å². The first kappa shape index (κ1) is 10.9. The van der Waals surface area contributed by atoms with Crippen LogP contribution in [0.25, 0.3) is 0 Å². The minimum absolute atomic E-state index is 0.558. The van der Waals surface area contributed by atoms with E-state index in [9.17, 15) is 0 Å². The Morgan fingerprint density at radius 1 is 1.40 bits per heavy atom. The highest BCUT2D eigenvalue weighted by Crippen LogP contribution is 2.40. The molecular weight excluding hydrogens is 254 g/mol. The highest BCUT2D eigenvalue weighted by Gasteiger charge is 2.26. The van der Waals surface area contributed by atoms with Gasteiger partial charge in [-0.2, -0.15) is 0 Å². The molecule has 0 amide bonds. The molecule has 1 aromatic rings. The van der Waals surface area contributed by atoms with Crippen molar-refractivity contribution in [2.24, 2.45) is 0 Å². The number of methoxy groups -OCH3 is 1. The van der Waals surface area contributed by atoms with E-state index in [-0.39, 0.29) is 0 Å². The summed E-state index contributed by atoms with van der Waals surface area (Å²) in [5, 5.41) is 0. The molecule has 0 spiro atoms. The van der Waals surface area contributed by atoms with Crippen molar-refractivity contribution >= 4 is 15.9 Å². The normalized spacial score (nSPS) is 26.3.